The number of benzene rings is 3. The van der Waals surface area contributed by atoms with Crippen molar-refractivity contribution in [2.24, 2.45) is 5.41 Å². The lowest BCUT2D eigenvalue weighted by molar-refractivity contribution is 0.207. The molecule has 1 saturated heterocycles. The summed E-state index contributed by atoms with van der Waals surface area (Å²) in [6.07, 6.45) is 5.72. The number of nitrogens with zero attached hydrogens (tertiary/aromatic N) is 2. The Hall–Kier alpha value is -3.55. The van der Waals surface area contributed by atoms with Crippen LogP contribution in [-0.4, -0.2) is 31.9 Å². The summed E-state index contributed by atoms with van der Waals surface area (Å²) < 4.78 is 56.8. The lowest BCUT2D eigenvalue weighted by atomic mass is 9.65. The van der Waals surface area contributed by atoms with Crippen LogP contribution >= 0.6 is 0 Å². The van der Waals surface area contributed by atoms with E-state index in [4.69, 9.17) is 0 Å². The average molecular weight is 575 g/mol. The molecule has 0 radical (unpaired) electrons. The van der Waals surface area contributed by atoms with Crippen LogP contribution in [0.1, 0.15) is 37.8 Å². The van der Waals surface area contributed by atoms with Crippen LogP contribution in [0, 0.1) is 24.0 Å². The lowest BCUT2D eigenvalue weighted by Crippen LogP contribution is -2.50. The SMILES string of the molecule is C=CC1=C(N(c2ccc(F)cc2)C(C)C)C=C2CCN(S(=O)(=O)c3ccc(C)cc3)CC2(Cc2ccc(F)cc2)C1. The molecule has 1 unspecified atom stereocenters. The van der Waals surface area contributed by atoms with Gasteiger partial charge in [0.1, 0.15) is 11.6 Å². The molecule has 0 saturated carbocycles. The van der Waals surface area contributed by atoms with Crippen molar-refractivity contribution in [1.29, 1.82) is 0 Å². The van der Waals surface area contributed by atoms with E-state index in [1.165, 1.54) is 24.3 Å². The normalized spacial score (nSPS) is 19.6. The van der Waals surface area contributed by atoms with E-state index < -0.39 is 15.4 Å². The van der Waals surface area contributed by atoms with Crippen molar-refractivity contribution in [3.8, 4) is 0 Å². The van der Waals surface area contributed by atoms with Gasteiger partial charge in [0.25, 0.3) is 0 Å². The third-order valence-electron chi connectivity index (χ3n) is 8.20. The van der Waals surface area contributed by atoms with Crippen molar-refractivity contribution < 1.29 is 17.2 Å². The lowest BCUT2D eigenvalue weighted by Gasteiger charge is -2.48. The average Bonchev–Trinajstić information content (AvgIpc) is 2.95. The molecule has 1 fully saturated rings. The zero-order chi connectivity index (χ0) is 29.4. The Morgan fingerprint density at radius 2 is 1.59 bits per heavy atom. The Balaban J connectivity index is 1.59. The molecule has 5 rings (SSSR count). The molecular weight excluding hydrogens is 538 g/mol. The summed E-state index contributed by atoms with van der Waals surface area (Å²) in [5, 5.41) is 0. The maximum atomic E-state index is 13.8. The van der Waals surface area contributed by atoms with Crippen LogP contribution in [0.25, 0.3) is 0 Å². The smallest absolute Gasteiger partial charge is 0.243 e. The molecule has 0 spiro atoms. The van der Waals surface area contributed by atoms with E-state index in [2.05, 4.69) is 31.4 Å². The molecule has 1 aliphatic carbocycles. The second-order valence-electron chi connectivity index (χ2n) is 11.4. The highest BCUT2D eigenvalue weighted by Gasteiger charge is 2.46. The Morgan fingerprint density at radius 3 is 2.17 bits per heavy atom. The molecule has 3 aromatic rings. The van der Waals surface area contributed by atoms with Crippen LogP contribution in [0.5, 0.6) is 0 Å². The number of hydrogen-bond donors (Lipinski definition) is 0. The molecule has 0 bridgehead atoms. The monoisotopic (exact) mass is 574 g/mol. The van der Waals surface area contributed by atoms with Crippen molar-refractivity contribution in [3.63, 3.8) is 0 Å². The molecule has 3 aromatic carbocycles. The van der Waals surface area contributed by atoms with Crippen molar-refractivity contribution in [1.82, 2.24) is 4.31 Å². The third kappa shape index (κ3) is 5.79. The minimum absolute atomic E-state index is 0.0777. The first kappa shape index (κ1) is 29.0. The van der Waals surface area contributed by atoms with E-state index in [9.17, 15) is 17.2 Å². The summed E-state index contributed by atoms with van der Waals surface area (Å²) in [5.74, 6) is -0.600. The minimum atomic E-state index is -3.72. The zero-order valence-electron chi connectivity index (χ0n) is 23.8. The summed E-state index contributed by atoms with van der Waals surface area (Å²) in [6.45, 7) is 10.9. The molecule has 1 heterocycles. The standard InChI is InChI=1S/C34H36F2N2O2S/c1-5-27-22-34(21-26-8-10-29(35)11-9-26)23-37(41(39,40)32-16-6-25(4)7-17-32)19-18-28(34)20-33(27)38(24(2)3)31-14-12-30(36)13-15-31/h5-17,20,24H,1,18-19,21-23H2,2-4H3. The van der Waals surface area contributed by atoms with Gasteiger partial charge < -0.3 is 4.90 Å². The summed E-state index contributed by atoms with van der Waals surface area (Å²) in [6, 6.07) is 20.0. The van der Waals surface area contributed by atoms with Gasteiger partial charge in [0.2, 0.25) is 10.0 Å². The second-order valence-corrected chi connectivity index (χ2v) is 13.3. The summed E-state index contributed by atoms with van der Waals surface area (Å²) in [7, 11) is -3.72. The fourth-order valence-corrected chi connectivity index (χ4v) is 7.67. The van der Waals surface area contributed by atoms with Crippen LogP contribution in [0.3, 0.4) is 0 Å². The fraction of sp³-hybridized carbons (Fsp3) is 0.294. The largest absolute Gasteiger partial charge is 0.339 e. The molecule has 4 nitrogen and oxygen atoms in total. The predicted molar refractivity (Wildman–Crippen MR) is 161 cm³/mol. The first-order chi connectivity index (χ1) is 19.5. The Bertz CT molecular complexity index is 1590. The van der Waals surface area contributed by atoms with E-state index in [1.807, 2.05) is 25.1 Å². The fourth-order valence-electron chi connectivity index (χ4n) is 6.14. The number of rotatable bonds is 8. The molecule has 214 valence electrons. The van der Waals surface area contributed by atoms with Gasteiger partial charge in [0.05, 0.1) is 4.90 Å². The quantitative estimate of drug-likeness (QED) is 0.278. The summed E-state index contributed by atoms with van der Waals surface area (Å²) in [4.78, 5) is 2.46. The summed E-state index contributed by atoms with van der Waals surface area (Å²) >= 11 is 0. The van der Waals surface area contributed by atoms with E-state index in [-0.39, 0.29) is 22.6 Å². The number of hydrogen-bond acceptors (Lipinski definition) is 3. The molecule has 7 heteroatoms. The molecule has 0 aromatic heterocycles. The van der Waals surface area contributed by atoms with Crippen LogP contribution in [0.15, 0.2) is 113 Å². The van der Waals surface area contributed by atoms with Crippen molar-refractivity contribution in [3.05, 3.63) is 131 Å². The molecule has 0 N–H and O–H groups in total. The van der Waals surface area contributed by atoms with Gasteiger partial charge in [-0.15, -0.1) is 0 Å². The van der Waals surface area contributed by atoms with E-state index in [0.29, 0.717) is 32.4 Å². The maximum absolute atomic E-state index is 13.8. The number of anilines is 1. The highest BCUT2D eigenvalue weighted by atomic mass is 32.2. The number of halogens is 2. The number of aryl methyl sites for hydroxylation is 1. The number of fused-ring (bicyclic) bond motifs is 1. The van der Waals surface area contributed by atoms with Gasteiger partial charge in [-0.1, -0.05) is 48.1 Å². The zero-order valence-corrected chi connectivity index (χ0v) is 24.6. The predicted octanol–water partition coefficient (Wildman–Crippen LogP) is 7.58. The number of allylic oxidation sites excluding steroid dienone is 3. The maximum Gasteiger partial charge on any atom is 0.243 e. The van der Waals surface area contributed by atoms with Gasteiger partial charge in [0.15, 0.2) is 0 Å². The highest BCUT2D eigenvalue weighted by molar-refractivity contribution is 7.89. The Kier molecular flexibility index (Phi) is 8.04. The second kappa shape index (κ2) is 11.4. The number of piperidine rings is 1. The molecule has 0 amide bonds. The van der Waals surface area contributed by atoms with Crippen LogP contribution in [-0.2, 0) is 16.4 Å². The number of sulfonamides is 1. The third-order valence-corrected chi connectivity index (χ3v) is 10.1. The van der Waals surface area contributed by atoms with Crippen LogP contribution < -0.4 is 4.90 Å². The first-order valence-corrected chi connectivity index (χ1v) is 15.4. The van der Waals surface area contributed by atoms with Gasteiger partial charge in [-0.3, -0.25) is 0 Å². The Morgan fingerprint density at radius 1 is 0.976 bits per heavy atom. The van der Waals surface area contributed by atoms with Gasteiger partial charge in [-0.25, -0.2) is 17.2 Å². The molecule has 41 heavy (non-hydrogen) atoms. The van der Waals surface area contributed by atoms with Gasteiger partial charge in [-0.2, -0.15) is 4.31 Å². The van der Waals surface area contributed by atoms with Crippen molar-refractivity contribution in [2.75, 3.05) is 18.0 Å². The van der Waals surface area contributed by atoms with Crippen molar-refractivity contribution in [2.45, 2.75) is 51.0 Å². The van der Waals surface area contributed by atoms with Gasteiger partial charge in [0, 0.05) is 35.9 Å². The van der Waals surface area contributed by atoms with E-state index >= 15 is 0 Å². The minimum Gasteiger partial charge on any atom is -0.339 e. The molecule has 1 aliphatic heterocycles. The van der Waals surface area contributed by atoms with Gasteiger partial charge >= 0.3 is 0 Å². The topological polar surface area (TPSA) is 40.6 Å². The molecule has 1 atom stereocenters. The van der Waals surface area contributed by atoms with E-state index in [1.54, 1.807) is 40.7 Å². The van der Waals surface area contributed by atoms with Gasteiger partial charge in [-0.05, 0) is 106 Å². The van der Waals surface area contributed by atoms with E-state index in [0.717, 1.165) is 33.7 Å². The molecular formula is C34H36F2N2O2S. The van der Waals surface area contributed by atoms with Crippen molar-refractivity contribution >= 4 is 15.7 Å². The highest BCUT2D eigenvalue weighted by Crippen LogP contribution is 2.49. The molecule has 2 aliphatic rings. The summed E-state index contributed by atoms with van der Waals surface area (Å²) in [5.41, 5.74) is 5.41. The van der Waals surface area contributed by atoms with Crippen LogP contribution in [0.2, 0.25) is 0 Å². The van der Waals surface area contributed by atoms with Crippen LogP contribution in [0.4, 0.5) is 14.5 Å². The Labute approximate surface area is 242 Å². The first-order valence-electron chi connectivity index (χ1n) is 14.0.